The maximum atomic E-state index is 3.24. The molecule has 0 bridgehead atoms. The van der Waals surface area contributed by atoms with Crippen LogP contribution in [-0.2, 0) is 0 Å². The summed E-state index contributed by atoms with van der Waals surface area (Å²) in [5.41, 5.74) is 0. The Labute approximate surface area is 27.0 Å². The maximum absolute atomic E-state index is 3.24. The van der Waals surface area contributed by atoms with Crippen LogP contribution in [0.2, 0.25) is 0 Å². The highest BCUT2D eigenvalue weighted by atomic mass is 14.8. The number of rotatable bonds is 1. The van der Waals surface area contributed by atoms with Gasteiger partial charge in [-0.2, -0.15) is 0 Å². The Morgan fingerprint density at radius 3 is 2.25 bits per heavy atom. The van der Waals surface area contributed by atoms with E-state index in [2.05, 4.69) is 18.8 Å². The van der Waals surface area contributed by atoms with Crippen LogP contribution in [0.25, 0.3) is 0 Å². The van der Waals surface area contributed by atoms with Crippen LogP contribution in [0.4, 0.5) is 0 Å². The molecule has 0 unspecified atom stereocenters. The Hall–Kier alpha value is -0.0400. The lowest BCUT2D eigenvalue weighted by Crippen LogP contribution is -1.94. The van der Waals surface area contributed by atoms with Crippen LogP contribution in [0.3, 0.4) is 0 Å². The fraction of sp³-hybridized carbons (Fsp3) is 0.333. The molecule has 3 radical (unpaired) electrons. The van der Waals surface area contributed by atoms with Crippen molar-refractivity contribution in [1.29, 1.82) is 0 Å². The Balaban J connectivity index is 1.97. The summed E-state index contributed by atoms with van der Waals surface area (Å²) in [7, 11) is 1.76. The molecule has 0 spiro atoms. The third-order valence-corrected chi connectivity index (χ3v) is 0.177. The Morgan fingerprint density at radius 2 is 2.25 bits per heavy atom. The van der Waals surface area contributed by atoms with Crippen molar-refractivity contribution in [2.75, 3.05) is 7.05 Å². The maximum Gasteiger partial charge on any atom is 0.0584 e. The summed E-state index contributed by atoms with van der Waals surface area (Å²) >= 11 is 0. The Bertz CT molecular complexity index is 5.25. The van der Waals surface area contributed by atoms with Gasteiger partial charge in [0.25, 0.3) is 0 Å². The number of hydrogen-bond acceptors (Lipinski definition) is 1. The third-order valence-electron chi connectivity index (χ3n) is 0.177. The van der Waals surface area contributed by atoms with E-state index < -0.39 is 0 Å². The monoisotopic (exact) mass is 56.1 g/mol. The van der Waals surface area contributed by atoms with Gasteiger partial charge in [0.15, 0.2) is 0 Å². The molecule has 1 N–H and O–H groups in total. The van der Waals surface area contributed by atoms with Gasteiger partial charge in [0, 0.05) is 0 Å². The first kappa shape index (κ1) is 3.96. The summed E-state index contributed by atoms with van der Waals surface area (Å²) in [5, 5.41) is 2.57. The summed E-state index contributed by atoms with van der Waals surface area (Å²) < 4.78 is 0. The number of hydrogen-bond donors (Lipinski definition) is 1. The first-order valence-electron chi connectivity index (χ1n) is 1.10. The fourth-order valence-corrected chi connectivity index (χ4v) is 0. The van der Waals surface area contributed by atoms with Gasteiger partial charge in [-0.25, -0.2) is 0 Å². The summed E-state index contributed by atoms with van der Waals surface area (Å²) in [4.78, 5) is 0. The van der Waals surface area contributed by atoms with Crippen LogP contribution >= 0.6 is 0 Å². The van der Waals surface area contributed by atoms with E-state index in [-0.39, 0.29) is 0 Å². The molecule has 1 nitrogen and oxygen atoms in total. The first-order valence-corrected chi connectivity index (χ1v) is 1.10. The molecular formula is C3H6N. The Morgan fingerprint density at radius 1 is 2.00 bits per heavy atom. The molecule has 23 valence electrons. The lowest BCUT2D eigenvalue weighted by atomic mass is 10.8. The zero-order chi connectivity index (χ0) is 3.41. The standard InChI is InChI=1S/C3H6N/c1-3-4-2/h4H,1H2,2H3. The van der Waals surface area contributed by atoms with Gasteiger partial charge in [0.05, 0.1) is 6.54 Å². The largest absolute Gasteiger partial charge is 0.311 e. The molecule has 0 aromatic carbocycles. The van der Waals surface area contributed by atoms with Crippen molar-refractivity contribution in [3.8, 4) is 0 Å². The summed E-state index contributed by atoms with van der Waals surface area (Å²) in [5.74, 6) is 0. The highest BCUT2D eigenvalue weighted by Gasteiger charge is 1.53. The minimum absolute atomic E-state index is 1.76. The van der Waals surface area contributed by atoms with Crippen LogP contribution in [0.1, 0.15) is 0 Å². The van der Waals surface area contributed by atoms with Gasteiger partial charge in [-0.3, -0.25) is 0 Å². The van der Waals surface area contributed by atoms with E-state index in [1.165, 1.54) is 0 Å². The lowest BCUT2D eigenvalue weighted by molar-refractivity contribution is 1.03. The molecule has 0 aliphatic carbocycles. The predicted octanol–water partition coefficient (Wildman–Crippen LogP) is 0.0787. The SMILES string of the molecule is [CH2][C]NC. The van der Waals surface area contributed by atoms with Crippen molar-refractivity contribution in [3.63, 3.8) is 0 Å². The van der Waals surface area contributed by atoms with E-state index in [0.29, 0.717) is 0 Å². The van der Waals surface area contributed by atoms with Gasteiger partial charge in [0.2, 0.25) is 0 Å². The van der Waals surface area contributed by atoms with Crippen LogP contribution in [0.5, 0.6) is 0 Å². The molecule has 0 amide bonds. The molecule has 0 aromatic heterocycles. The second-order valence-corrected chi connectivity index (χ2v) is 0.427. The van der Waals surface area contributed by atoms with E-state index in [0.717, 1.165) is 0 Å². The van der Waals surface area contributed by atoms with Crippen molar-refractivity contribution in [1.82, 2.24) is 5.32 Å². The molecule has 0 saturated heterocycles. The summed E-state index contributed by atoms with van der Waals surface area (Å²) in [6.45, 7) is 5.67. The molecule has 0 aromatic rings. The second-order valence-electron chi connectivity index (χ2n) is 0.427. The summed E-state index contributed by atoms with van der Waals surface area (Å²) in [6.07, 6.45) is 0. The van der Waals surface area contributed by atoms with Crippen molar-refractivity contribution >= 4 is 0 Å². The third kappa shape index (κ3) is 1.96. The zero-order valence-electron chi connectivity index (χ0n) is 2.71. The Kier molecular flexibility index (Phi) is 2.93. The summed E-state index contributed by atoms with van der Waals surface area (Å²) in [6, 6.07) is 0. The average Bonchev–Trinajstić information content (AvgIpc) is 1.37. The van der Waals surface area contributed by atoms with Crippen molar-refractivity contribution in [3.05, 3.63) is 13.5 Å². The van der Waals surface area contributed by atoms with Gasteiger partial charge in [-0.15, -0.1) is 0 Å². The van der Waals surface area contributed by atoms with Crippen LogP contribution in [0, 0.1) is 13.5 Å². The molecule has 0 fully saturated rings. The topological polar surface area (TPSA) is 12.0 Å². The molecule has 0 aliphatic rings. The molecule has 1 heteroatoms. The average molecular weight is 56.1 g/mol. The van der Waals surface area contributed by atoms with Crippen molar-refractivity contribution in [2.45, 2.75) is 0 Å². The normalized spacial score (nSPS) is 7.50. The molecule has 0 aliphatic heterocycles. The lowest BCUT2D eigenvalue weighted by Gasteiger charge is -1.73. The van der Waals surface area contributed by atoms with Crippen LogP contribution < -0.4 is 5.32 Å². The molecular weight excluding hydrogens is 50.0 g/mol. The predicted molar refractivity (Wildman–Crippen MR) is 17.7 cm³/mol. The zero-order valence-corrected chi connectivity index (χ0v) is 2.71. The fourth-order valence-electron chi connectivity index (χ4n) is 0. The smallest absolute Gasteiger partial charge is 0.0584 e. The number of nitrogens with one attached hydrogen (secondary N) is 1. The van der Waals surface area contributed by atoms with Crippen molar-refractivity contribution in [2.24, 2.45) is 0 Å². The quantitative estimate of drug-likeness (QED) is 0.419. The molecule has 0 heterocycles. The molecule has 0 atom stereocenters. The minimum atomic E-state index is 1.76. The van der Waals surface area contributed by atoms with Gasteiger partial charge < -0.3 is 5.32 Å². The van der Waals surface area contributed by atoms with E-state index in [4.69, 9.17) is 0 Å². The molecule has 4 heavy (non-hydrogen) atoms. The molecule has 0 saturated carbocycles. The first-order chi connectivity index (χ1) is 1.91. The minimum Gasteiger partial charge on any atom is -0.311 e. The molecule has 0 rings (SSSR count). The highest BCUT2D eigenvalue weighted by Crippen LogP contribution is 1.45. The van der Waals surface area contributed by atoms with Crippen molar-refractivity contribution < 1.29 is 0 Å². The second kappa shape index (κ2) is 2.96. The van der Waals surface area contributed by atoms with E-state index in [1.54, 1.807) is 7.05 Å². The van der Waals surface area contributed by atoms with Gasteiger partial charge in [0.1, 0.15) is 0 Å². The van der Waals surface area contributed by atoms with Crippen LogP contribution in [0.15, 0.2) is 0 Å². The van der Waals surface area contributed by atoms with E-state index in [1.807, 2.05) is 0 Å². The van der Waals surface area contributed by atoms with E-state index >= 15 is 0 Å². The van der Waals surface area contributed by atoms with Crippen LogP contribution in [-0.4, -0.2) is 7.05 Å². The van der Waals surface area contributed by atoms with Gasteiger partial charge in [-0.05, 0) is 14.0 Å². The van der Waals surface area contributed by atoms with Gasteiger partial charge in [-0.1, -0.05) is 0 Å². The highest BCUT2D eigenvalue weighted by molar-refractivity contribution is 4.55. The van der Waals surface area contributed by atoms with E-state index in [9.17, 15) is 0 Å². The van der Waals surface area contributed by atoms with Gasteiger partial charge >= 0.3 is 0 Å².